The summed E-state index contributed by atoms with van der Waals surface area (Å²) in [6.45, 7) is 5.91. The molecule has 0 aliphatic heterocycles. The van der Waals surface area contributed by atoms with E-state index in [1.165, 1.54) is 51.4 Å². The van der Waals surface area contributed by atoms with Gasteiger partial charge in [-0.3, -0.25) is 4.79 Å². The molecular formula is C27H55NO5. The normalized spacial score (nSPS) is 12.5. The van der Waals surface area contributed by atoms with E-state index in [0.717, 1.165) is 83.8 Å². The minimum Gasteiger partial charge on any atom is -0.481 e. The van der Waals surface area contributed by atoms with Crippen molar-refractivity contribution in [1.29, 1.82) is 0 Å². The van der Waals surface area contributed by atoms with Crippen molar-refractivity contribution in [3.8, 4) is 0 Å². The van der Waals surface area contributed by atoms with Crippen LogP contribution in [0.3, 0.4) is 0 Å². The van der Waals surface area contributed by atoms with Gasteiger partial charge in [0.25, 0.3) is 0 Å². The smallest absolute Gasteiger partial charge is 0.303 e. The average molecular weight is 474 g/mol. The molecule has 0 fully saturated rings. The second-order valence-corrected chi connectivity index (χ2v) is 9.48. The summed E-state index contributed by atoms with van der Waals surface area (Å²) in [5.41, 5.74) is 0. The molecule has 0 rings (SSSR count). The summed E-state index contributed by atoms with van der Waals surface area (Å²) in [7, 11) is 0. The summed E-state index contributed by atoms with van der Waals surface area (Å²) >= 11 is 0. The van der Waals surface area contributed by atoms with E-state index in [4.69, 9.17) is 9.84 Å². The summed E-state index contributed by atoms with van der Waals surface area (Å²) in [6.07, 6.45) is 20.0. The zero-order valence-corrected chi connectivity index (χ0v) is 21.7. The molecule has 6 heteroatoms. The van der Waals surface area contributed by atoms with Crippen LogP contribution < -0.4 is 0 Å². The molecule has 6 nitrogen and oxygen atoms in total. The lowest BCUT2D eigenvalue weighted by atomic mass is 10.1. The van der Waals surface area contributed by atoms with Crippen LogP contribution in [-0.4, -0.2) is 65.3 Å². The largest absolute Gasteiger partial charge is 0.481 e. The number of nitrogens with zero attached hydrogens (tertiary/aromatic N) is 1. The van der Waals surface area contributed by atoms with Crippen molar-refractivity contribution in [1.82, 2.24) is 4.90 Å². The maximum absolute atomic E-state index is 10.5. The quantitative estimate of drug-likeness (QED) is 0.0981. The summed E-state index contributed by atoms with van der Waals surface area (Å²) in [5, 5.41) is 27.9. The van der Waals surface area contributed by atoms with Gasteiger partial charge in [0.05, 0.1) is 6.61 Å². The van der Waals surface area contributed by atoms with Gasteiger partial charge in [0.1, 0.15) is 0 Å². The molecule has 0 saturated carbocycles. The van der Waals surface area contributed by atoms with Gasteiger partial charge in [-0.1, -0.05) is 84.0 Å². The van der Waals surface area contributed by atoms with Crippen molar-refractivity contribution in [2.24, 2.45) is 0 Å². The van der Waals surface area contributed by atoms with Gasteiger partial charge in [-0.2, -0.15) is 0 Å². The van der Waals surface area contributed by atoms with Crippen molar-refractivity contribution in [2.45, 2.75) is 135 Å². The van der Waals surface area contributed by atoms with E-state index in [2.05, 4.69) is 11.8 Å². The predicted molar refractivity (Wildman–Crippen MR) is 137 cm³/mol. The highest BCUT2D eigenvalue weighted by Gasteiger charge is 2.06. The zero-order valence-electron chi connectivity index (χ0n) is 21.7. The molecule has 0 aromatic carbocycles. The van der Waals surface area contributed by atoms with Crippen LogP contribution in [-0.2, 0) is 9.53 Å². The van der Waals surface area contributed by atoms with Gasteiger partial charge in [0, 0.05) is 19.6 Å². The van der Waals surface area contributed by atoms with Crippen LogP contribution in [0.5, 0.6) is 0 Å². The maximum atomic E-state index is 10.5. The topological polar surface area (TPSA) is 90.2 Å². The van der Waals surface area contributed by atoms with Crippen LogP contribution in [0.1, 0.15) is 129 Å². The zero-order chi connectivity index (χ0) is 24.4. The first kappa shape index (κ1) is 32.3. The summed E-state index contributed by atoms with van der Waals surface area (Å²) < 4.78 is 5.53. The fourth-order valence-electron chi connectivity index (χ4n) is 4.17. The first-order valence-corrected chi connectivity index (χ1v) is 13.9. The molecule has 0 aliphatic carbocycles. The Bertz CT molecular complexity index is 408. The molecule has 0 heterocycles. The third kappa shape index (κ3) is 25.8. The van der Waals surface area contributed by atoms with Crippen LogP contribution in [0.15, 0.2) is 0 Å². The van der Waals surface area contributed by atoms with Gasteiger partial charge in [-0.25, -0.2) is 0 Å². The first-order chi connectivity index (χ1) is 16.1. The number of carboxylic acids is 1. The second kappa shape index (κ2) is 25.9. The molecule has 198 valence electrons. The Morgan fingerprint density at radius 2 is 1.24 bits per heavy atom. The number of carbonyl (C=O) groups is 1. The molecule has 0 bridgehead atoms. The van der Waals surface area contributed by atoms with Crippen molar-refractivity contribution < 1.29 is 24.9 Å². The highest BCUT2D eigenvalue weighted by Crippen LogP contribution is 2.12. The Hall–Kier alpha value is -0.690. The highest BCUT2D eigenvalue weighted by molar-refractivity contribution is 5.66. The Morgan fingerprint density at radius 3 is 1.82 bits per heavy atom. The van der Waals surface area contributed by atoms with E-state index in [9.17, 15) is 15.0 Å². The molecular weight excluding hydrogens is 418 g/mol. The van der Waals surface area contributed by atoms with Crippen molar-refractivity contribution >= 4 is 5.97 Å². The number of hydrogen-bond donors (Lipinski definition) is 3. The van der Waals surface area contributed by atoms with Crippen molar-refractivity contribution in [3.05, 3.63) is 0 Å². The Morgan fingerprint density at radius 1 is 0.727 bits per heavy atom. The van der Waals surface area contributed by atoms with E-state index >= 15 is 0 Å². The van der Waals surface area contributed by atoms with E-state index in [1.54, 1.807) is 0 Å². The predicted octanol–water partition coefficient (Wildman–Crippen LogP) is 6.13. The molecule has 1 atom stereocenters. The van der Waals surface area contributed by atoms with Crippen LogP contribution in [0.2, 0.25) is 0 Å². The van der Waals surface area contributed by atoms with Gasteiger partial charge in [-0.15, -0.1) is 0 Å². The molecule has 0 radical (unpaired) electrons. The van der Waals surface area contributed by atoms with E-state index in [0.29, 0.717) is 6.61 Å². The van der Waals surface area contributed by atoms with Crippen LogP contribution in [0.4, 0.5) is 0 Å². The highest BCUT2D eigenvalue weighted by atomic mass is 16.6. The van der Waals surface area contributed by atoms with E-state index in [-0.39, 0.29) is 13.0 Å². The lowest BCUT2D eigenvalue weighted by Crippen LogP contribution is -2.29. The summed E-state index contributed by atoms with van der Waals surface area (Å²) in [5.74, 6) is -0.701. The number of hydrogen-bond acceptors (Lipinski definition) is 5. The molecule has 0 aliphatic rings. The lowest BCUT2D eigenvalue weighted by Gasteiger charge is -2.21. The van der Waals surface area contributed by atoms with E-state index < -0.39 is 12.3 Å². The number of ether oxygens (including phenoxy) is 1. The maximum Gasteiger partial charge on any atom is 0.303 e. The van der Waals surface area contributed by atoms with Gasteiger partial charge in [0.2, 0.25) is 0 Å². The summed E-state index contributed by atoms with van der Waals surface area (Å²) in [4.78, 5) is 12.9. The fourth-order valence-corrected chi connectivity index (χ4v) is 4.17. The Labute approximate surface area is 204 Å². The minimum absolute atomic E-state index is 0.204. The van der Waals surface area contributed by atoms with Crippen LogP contribution in [0.25, 0.3) is 0 Å². The van der Waals surface area contributed by atoms with Gasteiger partial charge in [-0.05, 0) is 51.6 Å². The SMILES string of the molecule is CCCCCCCCCO[C@H](O)CCCCCCCN(CCO)CCCCCCCC(=O)O. The van der Waals surface area contributed by atoms with Crippen molar-refractivity contribution in [2.75, 3.05) is 32.8 Å². The van der Waals surface area contributed by atoms with Crippen LogP contribution in [0, 0.1) is 0 Å². The molecule has 0 saturated heterocycles. The van der Waals surface area contributed by atoms with Crippen molar-refractivity contribution in [3.63, 3.8) is 0 Å². The Balaban J connectivity index is 3.49. The number of aliphatic carboxylic acids is 1. The number of carboxylic acid groups (broad SMARTS) is 1. The molecule has 33 heavy (non-hydrogen) atoms. The molecule has 0 aromatic heterocycles. The number of rotatable bonds is 27. The standard InChI is InChI=1S/C27H55NO5/c1-2-3-4-5-6-13-18-25-33-27(32)20-15-10-8-12-17-22-28(23-24-29)21-16-11-7-9-14-19-26(30)31/h27,29,32H,2-25H2,1H3,(H,30,31)/t27-/m0/s1. The van der Waals surface area contributed by atoms with Crippen LogP contribution >= 0.6 is 0 Å². The number of unbranched alkanes of at least 4 members (excludes halogenated alkanes) is 14. The molecule has 0 unspecified atom stereocenters. The third-order valence-electron chi connectivity index (χ3n) is 6.26. The Kier molecular flexibility index (Phi) is 25.4. The number of aliphatic hydroxyl groups is 2. The molecule has 0 amide bonds. The number of aliphatic hydroxyl groups excluding tert-OH is 2. The van der Waals surface area contributed by atoms with Gasteiger partial charge < -0.3 is 25.0 Å². The van der Waals surface area contributed by atoms with Gasteiger partial charge in [0.15, 0.2) is 6.29 Å². The molecule has 0 aromatic rings. The minimum atomic E-state index is -0.701. The fraction of sp³-hybridized carbons (Fsp3) is 0.963. The monoisotopic (exact) mass is 473 g/mol. The average Bonchev–Trinajstić information content (AvgIpc) is 2.79. The van der Waals surface area contributed by atoms with Gasteiger partial charge >= 0.3 is 5.97 Å². The summed E-state index contributed by atoms with van der Waals surface area (Å²) in [6, 6.07) is 0. The molecule has 0 spiro atoms. The lowest BCUT2D eigenvalue weighted by molar-refractivity contribution is -0.137. The first-order valence-electron chi connectivity index (χ1n) is 13.9. The van der Waals surface area contributed by atoms with E-state index in [1.807, 2.05) is 0 Å². The second-order valence-electron chi connectivity index (χ2n) is 9.48. The third-order valence-corrected chi connectivity index (χ3v) is 6.26. The molecule has 3 N–H and O–H groups in total.